The molecule has 0 atom stereocenters. The first kappa shape index (κ1) is 10.7. The molecular formula is C13H17N3. The van der Waals surface area contributed by atoms with Crippen molar-refractivity contribution in [3.8, 4) is 0 Å². The van der Waals surface area contributed by atoms with Gasteiger partial charge in [0, 0.05) is 35.7 Å². The molecule has 0 aliphatic heterocycles. The second-order valence-corrected chi connectivity index (χ2v) is 3.75. The number of nitrogens with zero attached hydrogens (tertiary/aromatic N) is 2. The summed E-state index contributed by atoms with van der Waals surface area (Å²) in [5.41, 5.74) is 6.78. The topological polar surface area (TPSA) is 42.2 Å². The summed E-state index contributed by atoms with van der Waals surface area (Å²) in [6.07, 6.45) is 1.83. The normalized spacial score (nSPS) is 10.6. The van der Waals surface area contributed by atoms with E-state index in [9.17, 15) is 0 Å². The molecule has 84 valence electrons. The van der Waals surface area contributed by atoms with Crippen LogP contribution >= 0.6 is 0 Å². The van der Waals surface area contributed by atoms with E-state index < -0.39 is 0 Å². The van der Waals surface area contributed by atoms with Gasteiger partial charge in [0.15, 0.2) is 0 Å². The van der Waals surface area contributed by atoms with Crippen molar-refractivity contribution in [3.05, 3.63) is 30.5 Å². The number of hydrogen-bond donors (Lipinski definition) is 1. The summed E-state index contributed by atoms with van der Waals surface area (Å²) < 4.78 is 0. The van der Waals surface area contributed by atoms with E-state index in [2.05, 4.69) is 29.8 Å². The van der Waals surface area contributed by atoms with E-state index in [1.807, 2.05) is 24.4 Å². The summed E-state index contributed by atoms with van der Waals surface area (Å²) in [7, 11) is 0. The molecule has 1 heterocycles. The van der Waals surface area contributed by atoms with Crippen LogP contribution in [0.15, 0.2) is 30.5 Å². The molecular weight excluding hydrogens is 198 g/mol. The largest absolute Gasteiger partial charge is 0.398 e. The zero-order chi connectivity index (χ0) is 11.5. The van der Waals surface area contributed by atoms with Gasteiger partial charge < -0.3 is 10.6 Å². The van der Waals surface area contributed by atoms with E-state index in [4.69, 9.17) is 5.73 Å². The van der Waals surface area contributed by atoms with E-state index in [1.165, 1.54) is 0 Å². The molecule has 2 N–H and O–H groups in total. The van der Waals surface area contributed by atoms with Crippen molar-refractivity contribution in [1.82, 2.24) is 4.98 Å². The van der Waals surface area contributed by atoms with Crippen LogP contribution < -0.4 is 10.6 Å². The Hall–Kier alpha value is -1.77. The summed E-state index contributed by atoms with van der Waals surface area (Å²) in [4.78, 5) is 6.70. The highest BCUT2D eigenvalue weighted by atomic mass is 15.2. The molecule has 0 aliphatic rings. The van der Waals surface area contributed by atoms with Crippen LogP contribution in [0.5, 0.6) is 0 Å². The van der Waals surface area contributed by atoms with Gasteiger partial charge in [0.05, 0.1) is 0 Å². The van der Waals surface area contributed by atoms with Crippen molar-refractivity contribution in [2.45, 2.75) is 13.8 Å². The fraction of sp³-hybridized carbons (Fsp3) is 0.308. The van der Waals surface area contributed by atoms with Gasteiger partial charge in [-0.15, -0.1) is 0 Å². The van der Waals surface area contributed by atoms with Crippen LogP contribution in [0.4, 0.5) is 11.5 Å². The lowest BCUT2D eigenvalue weighted by atomic mass is 10.1. The number of rotatable bonds is 3. The molecule has 0 bridgehead atoms. The number of benzene rings is 1. The Labute approximate surface area is 95.9 Å². The SMILES string of the molecule is CCN(CC)c1nccc2c(N)cccc12. The van der Waals surface area contributed by atoms with Crippen LogP contribution in [0.3, 0.4) is 0 Å². The van der Waals surface area contributed by atoms with E-state index in [1.54, 1.807) is 0 Å². The lowest BCUT2D eigenvalue weighted by molar-refractivity contribution is 0.852. The maximum Gasteiger partial charge on any atom is 0.136 e. The Balaban J connectivity index is 2.66. The summed E-state index contributed by atoms with van der Waals surface area (Å²) in [6, 6.07) is 7.95. The molecule has 0 aliphatic carbocycles. The molecule has 3 heteroatoms. The second-order valence-electron chi connectivity index (χ2n) is 3.75. The van der Waals surface area contributed by atoms with Crippen molar-refractivity contribution in [1.29, 1.82) is 0 Å². The van der Waals surface area contributed by atoms with Crippen molar-refractivity contribution >= 4 is 22.3 Å². The third-order valence-electron chi connectivity index (χ3n) is 2.88. The second kappa shape index (κ2) is 4.39. The van der Waals surface area contributed by atoms with Crippen molar-refractivity contribution < 1.29 is 0 Å². The first-order valence-corrected chi connectivity index (χ1v) is 5.66. The van der Waals surface area contributed by atoms with Crippen LogP contribution in [-0.4, -0.2) is 18.1 Å². The Bertz CT molecular complexity index is 490. The Kier molecular flexibility index (Phi) is 2.95. The van der Waals surface area contributed by atoms with Gasteiger partial charge in [-0.05, 0) is 26.0 Å². The molecule has 3 nitrogen and oxygen atoms in total. The standard InChI is InChI=1S/C13H17N3/c1-3-16(4-2)13-11-6-5-7-12(14)10(11)8-9-15-13/h5-9H,3-4,14H2,1-2H3. The molecule has 0 saturated carbocycles. The zero-order valence-electron chi connectivity index (χ0n) is 9.77. The van der Waals surface area contributed by atoms with E-state index in [0.29, 0.717) is 0 Å². The number of nitrogen functional groups attached to an aromatic ring is 1. The average Bonchev–Trinajstić information content (AvgIpc) is 2.32. The van der Waals surface area contributed by atoms with Crippen molar-refractivity contribution in [2.75, 3.05) is 23.7 Å². The third kappa shape index (κ3) is 1.69. The molecule has 0 spiro atoms. The van der Waals surface area contributed by atoms with Gasteiger partial charge in [-0.3, -0.25) is 0 Å². The minimum absolute atomic E-state index is 0.813. The summed E-state index contributed by atoms with van der Waals surface area (Å²) in [5, 5.41) is 2.21. The fourth-order valence-corrected chi connectivity index (χ4v) is 1.99. The van der Waals surface area contributed by atoms with Crippen molar-refractivity contribution in [2.24, 2.45) is 0 Å². The molecule has 1 aromatic heterocycles. The highest BCUT2D eigenvalue weighted by molar-refractivity contribution is 5.99. The van der Waals surface area contributed by atoms with Gasteiger partial charge in [-0.1, -0.05) is 12.1 Å². The molecule has 0 radical (unpaired) electrons. The van der Waals surface area contributed by atoms with Gasteiger partial charge in [0.2, 0.25) is 0 Å². The third-order valence-corrected chi connectivity index (χ3v) is 2.88. The highest BCUT2D eigenvalue weighted by Crippen LogP contribution is 2.27. The maximum atomic E-state index is 5.96. The van der Waals surface area contributed by atoms with E-state index in [-0.39, 0.29) is 0 Å². The number of aromatic nitrogens is 1. The molecule has 0 amide bonds. The quantitative estimate of drug-likeness (QED) is 0.800. The average molecular weight is 215 g/mol. The molecule has 0 saturated heterocycles. The minimum Gasteiger partial charge on any atom is -0.398 e. The lowest BCUT2D eigenvalue weighted by Gasteiger charge is -2.21. The number of hydrogen-bond acceptors (Lipinski definition) is 3. The molecule has 0 unspecified atom stereocenters. The van der Waals surface area contributed by atoms with Gasteiger partial charge in [0.25, 0.3) is 0 Å². The van der Waals surface area contributed by atoms with Crippen LogP contribution in [-0.2, 0) is 0 Å². The van der Waals surface area contributed by atoms with E-state index >= 15 is 0 Å². The lowest BCUT2D eigenvalue weighted by Crippen LogP contribution is -2.23. The summed E-state index contributed by atoms with van der Waals surface area (Å²) >= 11 is 0. The fourth-order valence-electron chi connectivity index (χ4n) is 1.99. The Morgan fingerprint density at radius 1 is 1.12 bits per heavy atom. The number of nitrogens with two attached hydrogens (primary N) is 1. The van der Waals surface area contributed by atoms with Gasteiger partial charge >= 0.3 is 0 Å². The molecule has 0 fully saturated rings. The van der Waals surface area contributed by atoms with Crippen LogP contribution in [0.25, 0.3) is 10.8 Å². The Morgan fingerprint density at radius 2 is 1.88 bits per heavy atom. The van der Waals surface area contributed by atoms with E-state index in [0.717, 1.165) is 35.4 Å². The molecule has 1 aromatic carbocycles. The van der Waals surface area contributed by atoms with Crippen molar-refractivity contribution in [3.63, 3.8) is 0 Å². The monoisotopic (exact) mass is 215 g/mol. The first-order chi connectivity index (χ1) is 7.77. The maximum absolute atomic E-state index is 5.96. The predicted molar refractivity (Wildman–Crippen MR) is 69.7 cm³/mol. The van der Waals surface area contributed by atoms with Crippen LogP contribution in [0.2, 0.25) is 0 Å². The zero-order valence-corrected chi connectivity index (χ0v) is 9.77. The van der Waals surface area contributed by atoms with Gasteiger partial charge in [-0.25, -0.2) is 4.98 Å². The Morgan fingerprint density at radius 3 is 2.56 bits per heavy atom. The van der Waals surface area contributed by atoms with Gasteiger partial charge in [0.1, 0.15) is 5.82 Å². The van der Waals surface area contributed by atoms with Crippen LogP contribution in [0, 0.1) is 0 Å². The minimum atomic E-state index is 0.813. The summed E-state index contributed by atoms with van der Waals surface area (Å²) in [5.74, 6) is 1.02. The number of anilines is 2. The first-order valence-electron chi connectivity index (χ1n) is 5.66. The summed E-state index contributed by atoms with van der Waals surface area (Å²) in [6.45, 7) is 6.18. The molecule has 16 heavy (non-hydrogen) atoms. The molecule has 2 rings (SSSR count). The highest BCUT2D eigenvalue weighted by Gasteiger charge is 2.08. The number of pyridine rings is 1. The number of fused-ring (bicyclic) bond motifs is 1. The molecule has 2 aromatic rings. The van der Waals surface area contributed by atoms with Gasteiger partial charge in [-0.2, -0.15) is 0 Å². The van der Waals surface area contributed by atoms with Crippen LogP contribution in [0.1, 0.15) is 13.8 Å². The smallest absolute Gasteiger partial charge is 0.136 e. The predicted octanol–water partition coefficient (Wildman–Crippen LogP) is 2.66.